The van der Waals surface area contributed by atoms with Crippen molar-refractivity contribution in [1.29, 1.82) is 0 Å². The molecule has 0 bridgehead atoms. The number of fused-ring (bicyclic) bond motifs is 1. The predicted octanol–water partition coefficient (Wildman–Crippen LogP) is 1.68. The maximum absolute atomic E-state index is 13.4. The van der Waals surface area contributed by atoms with Crippen LogP contribution in [0.5, 0.6) is 0 Å². The molecule has 5 heterocycles. The van der Waals surface area contributed by atoms with Crippen molar-refractivity contribution in [2.45, 2.75) is 19.3 Å². The molecule has 5 rings (SSSR count). The Bertz CT molecular complexity index is 1100. The molecular weight excluding hydrogens is 387 g/mol. The van der Waals surface area contributed by atoms with Crippen molar-refractivity contribution < 1.29 is 9.18 Å². The summed E-state index contributed by atoms with van der Waals surface area (Å²) >= 11 is 0. The minimum atomic E-state index is -0.563. The summed E-state index contributed by atoms with van der Waals surface area (Å²) in [5.41, 5.74) is 8.16. The summed E-state index contributed by atoms with van der Waals surface area (Å²) < 4.78 is 14.6. The average molecular weight is 410 g/mol. The number of halogens is 1. The Morgan fingerprint density at radius 1 is 1.27 bits per heavy atom. The van der Waals surface area contributed by atoms with Crippen molar-refractivity contribution in [2.24, 2.45) is 5.41 Å². The highest BCUT2D eigenvalue weighted by Gasteiger charge is 2.37. The van der Waals surface area contributed by atoms with Crippen LogP contribution in [0.1, 0.15) is 29.6 Å². The van der Waals surface area contributed by atoms with Gasteiger partial charge in [-0.1, -0.05) is 0 Å². The number of carbonyl (C=O) groups excluding carboxylic acids is 1. The molecule has 3 aromatic rings. The van der Waals surface area contributed by atoms with Crippen LogP contribution >= 0.6 is 0 Å². The molecule has 0 unspecified atom stereocenters. The number of piperidine rings is 1. The highest BCUT2D eigenvalue weighted by molar-refractivity contribution is 6.12. The fourth-order valence-corrected chi connectivity index (χ4v) is 4.54. The molecule has 0 radical (unpaired) electrons. The molecule has 0 atom stereocenters. The molecule has 2 aliphatic rings. The molecule has 0 aromatic carbocycles. The standard InChI is InChI=1S/C20H23FN8O/c21-13-9-25-18-16(17(22)27-29(18)11-13)19(30)26-14-10-23-5-1-15(14)28-7-3-20(4-8-28)2-6-24-12-20/h1,5,9-11,24H,2-4,6-8,12H2,(H2,22,27)(H,26,30). The zero-order valence-corrected chi connectivity index (χ0v) is 16.4. The van der Waals surface area contributed by atoms with Crippen LogP contribution in [0, 0.1) is 11.2 Å². The third-order valence-corrected chi connectivity index (χ3v) is 6.24. The Hall–Kier alpha value is -3.27. The van der Waals surface area contributed by atoms with Crippen LogP contribution in [0.3, 0.4) is 0 Å². The number of nitrogens with one attached hydrogen (secondary N) is 2. The molecule has 1 spiro atoms. The van der Waals surface area contributed by atoms with Gasteiger partial charge in [0.25, 0.3) is 5.91 Å². The fourth-order valence-electron chi connectivity index (χ4n) is 4.54. The number of nitrogens with zero attached hydrogens (tertiary/aromatic N) is 5. The fraction of sp³-hybridized carbons (Fsp3) is 0.400. The Balaban J connectivity index is 1.39. The van der Waals surface area contributed by atoms with E-state index in [0.29, 0.717) is 11.1 Å². The van der Waals surface area contributed by atoms with Crippen LogP contribution in [-0.2, 0) is 0 Å². The molecular formula is C20H23FN8O. The zero-order chi connectivity index (χ0) is 20.7. The maximum Gasteiger partial charge on any atom is 0.263 e. The van der Waals surface area contributed by atoms with E-state index >= 15 is 0 Å². The number of nitrogens with two attached hydrogens (primary N) is 1. The van der Waals surface area contributed by atoms with Crippen LogP contribution in [0.4, 0.5) is 21.6 Å². The topological polar surface area (TPSA) is 113 Å². The molecule has 9 nitrogen and oxygen atoms in total. The number of rotatable bonds is 3. The molecule has 3 aromatic heterocycles. The second-order valence-electron chi connectivity index (χ2n) is 8.06. The van der Waals surface area contributed by atoms with E-state index < -0.39 is 11.7 Å². The van der Waals surface area contributed by atoms with Crippen molar-refractivity contribution in [3.05, 3.63) is 42.2 Å². The lowest BCUT2D eigenvalue weighted by Gasteiger charge is -2.40. The first-order valence-corrected chi connectivity index (χ1v) is 10.1. The molecule has 4 N–H and O–H groups in total. The molecule has 0 saturated carbocycles. The van der Waals surface area contributed by atoms with Crippen LogP contribution < -0.4 is 21.3 Å². The van der Waals surface area contributed by atoms with E-state index in [4.69, 9.17) is 5.73 Å². The summed E-state index contributed by atoms with van der Waals surface area (Å²) in [5.74, 6) is -1.03. The highest BCUT2D eigenvalue weighted by Crippen LogP contribution is 2.39. The number of carbonyl (C=O) groups is 1. The first-order valence-electron chi connectivity index (χ1n) is 10.1. The first-order chi connectivity index (χ1) is 14.5. The number of hydrogen-bond donors (Lipinski definition) is 3. The van der Waals surface area contributed by atoms with E-state index in [1.165, 1.54) is 10.9 Å². The third-order valence-electron chi connectivity index (χ3n) is 6.24. The van der Waals surface area contributed by atoms with Crippen molar-refractivity contribution in [1.82, 2.24) is 24.9 Å². The summed E-state index contributed by atoms with van der Waals surface area (Å²) in [7, 11) is 0. The van der Waals surface area contributed by atoms with Gasteiger partial charge < -0.3 is 21.3 Å². The number of anilines is 3. The maximum atomic E-state index is 13.4. The lowest BCUT2D eigenvalue weighted by atomic mass is 9.78. The number of hydrogen-bond acceptors (Lipinski definition) is 7. The first kappa shape index (κ1) is 18.7. The van der Waals surface area contributed by atoms with E-state index in [2.05, 4.69) is 30.6 Å². The van der Waals surface area contributed by atoms with Crippen LogP contribution in [0.15, 0.2) is 30.9 Å². The third kappa shape index (κ3) is 3.22. The molecule has 1 amide bonds. The molecule has 0 aliphatic carbocycles. The summed E-state index contributed by atoms with van der Waals surface area (Å²) in [6, 6.07) is 1.91. The SMILES string of the molecule is Nc1nn2cc(F)cnc2c1C(=O)Nc1cnccc1N1CCC2(CCNC2)CC1. The van der Waals surface area contributed by atoms with Gasteiger partial charge in [0, 0.05) is 25.8 Å². The number of aromatic nitrogens is 4. The Morgan fingerprint density at radius 3 is 2.87 bits per heavy atom. The Labute approximate surface area is 172 Å². The molecule has 2 aliphatic heterocycles. The normalized spacial score (nSPS) is 18.2. The Morgan fingerprint density at radius 2 is 2.10 bits per heavy atom. The van der Waals surface area contributed by atoms with E-state index in [1.807, 2.05) is 6.07 Å². The van der Waals surface area contributed by atoms with E-state index in [1.54, 1.807) is 12.4 Å². The van der Waals surface area contributed by atoms with E-state index in [-0.39, 0.29) is 17.0 Å². The van der Waals surface area contributed by atoms with Crippen LogP contribution in [0.2, 0.25) is 0 Å². The highest BCUT2D eigenvalue weighted by atomic mass is 19.1. The second kappa shape index (κ2) is 7.21. The van der Waals surface area contributed by atoms with Gasteiger partial charge in [-0.25, -0.2) is 13.9 Å². The van der Waals surface area contributed by atoms with Gasteiger partial charge in [0.1, 0.15) is 5.56 Å². The lowest BCUT2D eigenvalue weighted by molar-refractivity contribution is 0.102. The minimum Gasteiger partial charge on any atom is -0.381 e. The average Bonchev–Trinajstić information content (AvgIpc) is 3.32. The summed E-state index contributed by atoms with van der Waals surface area (Å²) in [5, 5.41) is 10.4. The van der Waals surface area contributed by atoms with Crippen molar-refractivity contribution >= 4 is 28.7 Å². The van der Waals surface area contributed by atoms with Gasteiger partial charge in [-0.05, 0) is 37.3 Å². The second-order valence-corrected chi connectivity index (χ2v) is 8.06. The largest absolute Gasteiger partial charge is 0.381 e. The zero-order valence-electron chi connectivity index (χ0n) is 16.4. The van der Waals surface area contributed by atoms with Gasteiger partial charge >= 0.3 is 0 Å². The molecule has 10 heteroatoms. The monoisotopic (exact) mass is 410 g/mol. The summed E-state index contributed by atoms with van der Waals surface area (Å²) in [4.78, 5) is 23.4. The van der Waals surface area contributed by atoms with Gasteiger partial charge in [0.2, 0.25) is 0 Å². The van der Waals surface area contributed by atoms with Crippen LogP contribution in [-0.4, -0.2) is 51.7 Å². The van der Waals surface area contributed by atoms with E-state index in [9.17, 15) is 9.18 Å². The quantitative estimate of drug-likeness (QED) is 0.602. The lowest BCUT2D eigenvalue weighted by Crippen LogP contribution is -2.41. The molecule has 30 heavy (non-hydrogen) atoms. The minimum absolute atomic E-state index is 0.00955. The van der Waals surface area contributed by atoms with Crippen molar-refractivity contribution in [2.75, 3.05) is 42.1 Å². The van der Waals surface area contributed by atoms with Gasteiger partial charge in [-0.3, -0.25) is 9.78 Å². The molecule has 156 valence electrons. The van der Waals surface area contributed by atoms with E-state index in [0.717, 1.165) is 57.1 Å². The summed E-state index contributed by atoms with van der Waals surface area (Å²) in [6.45, 7) is 4.03. The molecule has 2 saturated heterocycles. The predicted molar refractivity (Wildman–Crippen MR) is 111 cm³/mol. The van der Waals surface area contributed by atoms with Crippen molar-refractivity contribution in [3.63, 3.8) is 0 Å². The van der Waals surface area contributed by atoms with Gasteiger partial charge in [-0.15, -0.1) is 5.10 Å². The number of nitrogen functional groups attached to an aromatic ring is 1. The smallest absolute Gasteiger partial charge is 0.263 e. The van der Waals surface area contributed by atoms with Gasteiger partial charge in [0.15, 0.2) is 17.3 Å². The number of amides is 1. The summed E-state index contributed by atoms with van der Waals surface area (Å²) in [6.07, 6.45) is 8.97. The molecule has 2 fully saturated rings. The van der Waals surface area contributed by atoms with Gasteiger partial charge in [-0.2, -0.15) is 0 Å². The Kier molecular flexibility index (Phi) is 4.50. The van der Waals surface area contributed by atoms with Crippen molar-refractivity contribution in [3.8, 4) is 0 Å². The van der Waals surface area contributed by atoms with Crippen LogP contribution in [0.25, 0.3) is 5.65 Å². The van der Waals surface area contributed by atoms with Gasteiger partial charge in [0.05, 0.1) is 30.0 Å². The number of pyridine rings is 1.